The van der Waals surface area contributed by atoms with Crippen LogP contribution in [0, 0.1) is 11.5 Å². The summed E-state index contributed by atoms with van der Waals surface area (Å²) in [5.74, 6) is 0. The molecule has 1 aliphatic heterocycles. The number of nitriles is 1. The smallest absolute Gasteiger partial charge is 0.208 e. The number of amidine groups is 1. The van der Waals surface area contributed by atoms with E-state index in [4.69, 9.17) is 5.26 Å². The molecule has 15 heavy (non-hydrogen) atoms. The number of likely N-dealkylation sites (tertiary alicyclic amines) is 1. The SMILES string of the molecule is CCC1CCCCCN1C(=NC#N)SC. The molecule has 84 valence electrons. The largest absolute Gasteiger partial charge is 0.348 e. The van der Waals surface area contributed by atoms with Crippen molar-refractivity contribution >= 4 is 16.9 Å². The zero-order chi connectivity index (χ0) is 11.1. The van der Waals surface area contributed by atoms with E-state index < -0.39 is 0 Å². The van der Waals surface area contributed by atoms with Gasteiger partial charge in [0.2, 0.25) is 6.19 Å². The fraction of sp³-hybridized carbons (Fsp3) is 0.818. The Morgan fingerprint density at radius 1 is 1.53 bits per heavy atom. The van der Waals surface area contributed by atoms with Gasteiger partial charge < -0.3 is 4.90 Å². The van der Waals surface area contributed by atoms with Gasteiger partial charge in [0, 0.05) is 12.6 Å². The first-order valence-electron chi connectivity index (χ1n) is 5.60. The highest BCUT2D eigenvalue weighted by Crippen LogP contribution is 2.22. The highest BCUT2D eigenvalue weighted by molar-refractivity contribution is 8.13. The zero-order valence-electron chi connectivity index (χ0n) is 9.57. The van der Waals surface area contributed by atoms with E-state index in [0.29, 0.717) is 6.04 Å². The molecule has 0 radical (unpaired) electrons. The molecule has 0 amide bonds. The predicted molar refractivity (Wildman–Crippen MR) is 65.8 cm³/mol. The summed E-state index contributed by atoms with van der Waals surface area (Å²) in [5.41, 5.74) is 0. The maximum absolute atomic E-state index is 8.65. The van der Waals surface area contributed by atoms with Gasteiger partial charge in [-0.15, -0.1) is 4.99 Å². The van der Waals surface area contributed by atoms with Crippen LogP contribution in [0.15, 0.2) is 4.99 Å². The molecule has 0 aliphatic carbocycles. The summed E-state index contributed by atoms with van der Waals surface area (Å²) >= 11 is 1.58. The van der Waals surface area contributed by atoms with Crippen molar-refractivity contribution in [2.45, 2.75) is 45.1 Å². The van der Waals surface area contributed by atoms with Crippen molar-refractivity contribution in [3.8, 4) is 6.19 Å². The van der Waals surface area contributed by atoms with Crippen LogP contribution in [0.5, 0.6) is 0 Å². The van der Waals surface area contributed by atoms with Crippen LogP contribution in [-0.2, 0) is 0 Å². The topological polar surface area (TPSA) is 39.4 Å². The summed E-state index contributed by atoms with van der Waals surface area (Å²) in [6.07, 6.45) is 10.1. The molecule has 1 unspecified atom stereocenters. The number of nitrogens with zero attached hydrogens (tertiary/aromatic N) is 3. The molecule has 1 heterocycles. The second kappa shape index (κ2) is 6.73. The lowest BCUT2D eigenvalue weighted by atomic mass is 10.1. The highest BCUT2D eigenvalue weighted by Gasteiger charge is 2.22. The van der Waals surface area contributed by atoms with Crippen molar-refractivity contribution in [1.82, 2.24) is 4.90 Å². The molecule has 4 heteroatoms. The lowest BCUT2D eigenvalue weighted by Crippen LogP contribution is -2.38. The minimum Gasteiger partial charge on any atom is -0.348 e. The first kappa shape index (κ1) is 12.4. The third kappa shape index (κ3) is 3.42. The molecule has 1 atom stereocenters. The van der Waals surface area contributed by atoms with Crippen LogP contribution in [0.25, 0.3) is 0 Å². The van der Waals surface area contributed by atoms with Crippen LogP contribution >= 0.6 is 11.8 Å². The Balaban J connectivity index is 2.77. The summed E-state index contributed by atoms with van der Waals surface area (Å²) in [6, 6.07) is 0.576. The molecule has 1 fully saturated rings. The monoisotopic (exact) mass is 225 g/mol. The number of rotatable bonds is 1. The lowest BCUT2D eigenvalue weighted by molar-refractivity contribution is 0.313. The van der Waals surface area contributed by atoms with Gasteiger partial charge in [0.1, 0.15) is 0 Å². The van der Waals surface area contributed by atoms with Gasteiger partial charge in [0.15, 0.2) is 5.17 Å². The minimum atomic E-state index is 0.576. The van der Waals surface area contributed by atoms with E-state index in [1.165, 1.54) is 25.7 Å². The lowest BCUT2D eigenvalue weighted by Gasteiger charge is -2.30. The van der Waals surface area contributed by atoms with Gasteiger partial charge in [-0.1, -0.05) is 31.5 Å². The van der Waals surface area contributed by atoms with Gasteiger partial charge in [0.05, 0.1) is 0 Å². The Morgan fingerprint density at radius 3 is 2.93 bits per heavy atom. The Labute approximate surface area is 96.6 Å². The van der Waals surface area contributed by atoms with Crippen molar-refractivity contribution in [3.63, 3.8) is 0 Å². The molecular formula is C11H19N3S. The maximum atomic E-state index is 8.65. The standard InChI is InChI=1S/C11H19N3S/c1-3-10-7-5-4-6-8-14(10)11(15-2)13-9-12/h10H,3-8H2,1-2H3. The van der Waals surface area contributed by atoms with Gasteiger partial charge in [-0.05, 0) is 25.5 Å². The first-order valence-corrected chi connectivity index (χ1v) is 6.83. The van der Waals surface area contributed by atoms with Crippen molar-refractivity contribution in [2.75, 3.05) is 12.8 Å². The molecule has 0 aromatic rings. The second-order valence-corrected chi connectivity index (χ2v) is 4.58. The fourth-order valence-corrected chi connectivity index (χ4v) is 2.73. The molecule has 0 bridgehead atoms. The molecule has 1 saturated heterocycles. The van der Waals surface area contributed by atoms with Gasteiger partial charge >= 0.3 is 0 Å². The van der Waals surface area contributed by atoms with Crippen LogP contribution in [0.1, 0.15) is 39.0 Å². The first-order chi connectivity index (χ1) is 7.33. The molecule has 0 aromatic heterocycles. The van der Waals surface area contributed by atoms with Crippen LogP contribution in [0.4, 0.5) is 0 Å². The van der Waals surface area contributed by atoms with E-state index in [1.807, 2.05) is 12.4 Å². The van der Waals surface area contributed by atoms with Gasteiger partial charge in [0.25, 0.3) is 0 Å². The highest BCUT2D eigenvalue weighted by atomic mass is 32.2. The zero-order valence-corrected chi connectivity index (χ0v) is 10.4. The van der Waals surface area contributed by atoms with E-state index in [9.17, 15) is 0 Å². The van der Waals surface area contributed by atoms with Crippen LogP contribution < -0.4 is 0 Å². The number of hydrogen-bond donors (Lipinski definition) is 0. The summed E-state index contributed by atoms with van der Waals surface area (Å²) in [4.78, 5) is 6.24. The number of aliphatic imine (C=N–C) groups is 1. The van der Waals surface area contributed by atoms with Gasteiger partial charge in [-0.3, -0.25) is 0 Å². The van der Waals surface area contributed by atoms with Crippen LogP contribution in [0.2, 0.25) is 0 Å². The molecule has 1 aliphatic rings. The van der Waals surface area contributed by atoms with Gasteiger partial charge in [-0.2, -0.15) is 5.26 Å². The normalized spacial score (nSPS) is 23.4. The molecule has 3 nitrogen and oxygen atoms in total. The average molecular weight is 225 g/mol. The summed E-state index contributed by atoms with van der Waals surface area (Å²) in [5, 5.41) is 9.54. The van der Waals surface area contributed by atoms with Gasteiger partial charge in [-0.25, -0.2) is 0 Å². The number of hydrogen-bond acceptors (Lipinski definition) is 3. The van der Waals surface area contributed by atoms with Crippen molar-refractivity contribution in [3.05, 3.63) is 0 Å². The Hall–Kier alpha value is -0.690. The van der Waals surface area contributed by atoms with Crippen molar-refractivity contribution in [2.24, 2.45) is 4.99 Å². The van der Waals surface area contributed by atoms with Crippen molar-refractivity contribution < 1.29 is 0 Å². The second-order valence-electron chi connectivity index (χ2n) is 3.80. The van der Waals surface area contributed by atoms with E-state index >= 15 is 0 Å². The molecular weight excluding hydrogens is 206 g/mol. The maximum Gasteiger partial charge on any atom is 0.208 e. The van der Waals surface area contributed by atoms with Crippen LogP contribution in [-0.4, -0.2) is 28.9 Å². The Bertz CT molecular complexity index is 257. The summed E-state index contributed by atoms with van der Waals surface area (Å²) in [7, 11) is 0. The molecule has 0 N–H and O–H groups in total. The molecule has 1 rings (SSSR count). The van der Waals surface area contributed by atoms with E-state index in [-0.39, 0.29) is 0 Å². The van der Waals surface area contributed by atoms with E-state index in [2.05, 4.69) is 16.8 Å². The molecule has 0 spiro atoms. The number of thioether (sulfide) groups is 1. The molecule has 0 aromatic carbocycles. The van der Waals surface area contributed by atoms with Crippen molar-refractivity contribution in [1.29, 1.82) is 5.26 Å². The summed E-state index contributed by atoms with van der Waals surface area (Å²) in [6.45, 7) is 3.27. The molecule has 0 saturated carbocycles. The Kier molecular flexibility index (Phi) is 5.56. The Morgan fingerprint density at radius 2 is 2.33 bits per heavy atom. The minimum absolute atomic E-state index is 0.576. The van der Waals surface area contributed by atoms with E-state index in [1.54, 1.807) is 11.8 Å². The van der Waals surface area contributed by atoms with Crippen LogP contribution in [0.3, 0.4) is 0 Å². The quantitative estimate of drug-likeness (QED) is 0.391. The predicted octanol–water partition coefficient (Wildman–Crippen LogP) is 2.84. The third-order valence-electron chi connectivity index (χ3n) is 2.92. The average Bonchev–Trinajstić information content (AvgIpc) is 2.50. The fourth-order valence-electron chi connectivity index (χ4n) is 2.12. The van der Waals surface area contributed by atoms with E-state index in [0.717, 1.165) is 18.1 Å². The third-order valence-corrected chi connectivity index (χ3v) is 3.61. The summed E-state index contributed by atoms with van der Waals surface area (Å²) < 4.78 is 0.